The molecule has 1 aromatic rings. The van der Waals surface area contributed by atoms with Crippen LogP contribution in [0.5, 0.6) is 0 Å². The van der Waals surface area contributed by atoms with Crippen molar-refractivity contribution in [1.82, 2.24) is 9.78 Å². The lowest BCUT2D eigenvalue weighted by Gasteiger charge is -2.23. The highest BCUT2D eigenvalue weighted by Crippen LogP contribution is 2.29. The first kappa shape index (κ1) is 19.4. The molecule has 1 rings (SSSR count). The quantitative estimate of drug-likeness (QED) is 0.757. The summed E-state index contributed by atoms with van der Waals surface area (Å²) in [5.41, 5.74) is 0.412. The van der Waals surface area contributed by atoms with Gasteiger partial charge in [0.25, 0.3) is 0 Å². The fourth-order valence-electron chi connectivity index (χ4n) is 1.64. The third kappa shape index (κ3) is 5.86. The first-order chi connectivity index (χ1) is 9.70. The van der Waals surface area contributed by atoms with Crippen LogP contribution in [0.25, 0.3) is 0 Å². The number of hydrogen-bond acceptors (Lipinski definition) is 3. The third-order valence-corrected chi connectivity index (χ3v) is 3.04. The Morgan fingerprint density at radius 1 is 1.23 bits per heavy atom. The number of nitrogens with one attached hydrogen (secondary N) is 1. The van der Waals surface area contributed by atoms with Gasteiger partial charge in [-0.1, -0.05) is 55.6 Å². The number of carbonyl (C=O) groups is 1. The standard InChI is InChI=1S/C14H22Cl3N3O2/c1-12(2,3)9-7-10(20(19-9)13(4,5)6)18-11(21)22-8-14(15,16)17/h7H,8H2,1-6H3,(H,18,21). The lowest BCUT2D eigenvalue weighted by Crippen LogP contribution is -2.28. The van der Waals surface area contributed by atoms with Crippen molar-refractivity contribution in [3.63, 3.8) is 0 Å². The molecule has 0 aliphatic carbocycles. The number of aromatic nitrogens is 2. The maximum absolute atomic E-state index is 11.8. The number of alkyl halides is 3. The lowest BCUT2D eigenvalue weighted by molar-refractivity contribution is 0.163. The van der Waals surface area contributed by atoms with Crippen LogP contribution in [-0.4, -0.2) is 26.3 Å². The molecule has 0 saturated heterocycles. The molecule has 0 unspecified atom stereocenters. The van der Waals surface area contributed by atoms with Gasteiger partial charge in [-0.3, -0.25) is 5.32 Å². The molecular weight excluding hydrogens is 349 g/mol. The molecule has 0 aliphatic rings. The first-order valence-corrected chi connectivity index (χ1v) is 7.95. The van der Waals surface area contributed by atoms with E-state index in [9.17, 15) is 4.79 Å². The number of carbonyl (C=O) groups excluding carboxylic acids is 1. The van der Waals surface area contributed by atoms with Gasteiger partial charge in [-0.25, -0.2) is 9.48 Å². The van der Waals surface area contributed by atoms with Crippen LogP contribution in [0.4, 0.5) is 10.6 Å². The Balaban J connectivity index is 2.98. The van der Waals surface area contributed by atoms with E-state index < -0.39 is 9.89 Å². The molecule has 8 heteroatoms. The Morgan fingerprint density at radius 2 is 1.77 bits per heavy atom. The Hall–Kier alpha value is -0.650. The van der Waals surface area contributed by atoms with Crippen molar-refractivity contribution in [2.24, 2.45) is 0 Å². The van der Waals surface area contributed by atoms with Gasteiger partial charge in [-0.2, -0.15) is 5.10 Å². The SMILES string of the molecule is CC(C)(C)c1cc(NC(=O)OCC(Cl)(Cl)Cl)n(C(C)(C)C)n1. The number of anilines is 1. The van der Waals surface area contributed by atoms with Crippen LogP contribution >= 0.6 is 34.8 Å². The van der Waals surface area contributed by atoms with Crippen LogP contribution in [0.2, 0.25) is 0 Å². The molecule has 0 fully saturated rings. The van der Waals surface area contributed by atoms with Crippen molar-refractivity contribution < 1.29 is 9.53 Å². The van der Waals surface area contributed by atoms with E-state index in [0.717, 1.165) is 5.69 Å². The number of ether oxygens (including phenoxy) is 1. The molecule has 1 heterocycles. The van der Waals surface area contributed by atoms with Gasteiger partial charge in [0.1, 0.15) is 12.4 Å². The number of hydrogen-bond donors (Lipinski definition) is 1. The average molecular weight is 371 g/mol. The fraction of sp³-hybridized carbons (Fsp3) is 0.714. The lowest BCUT2D eigenvalue weighted by atomic mass is 9.92. The summed E-state index contributed by atoms with van der Waals surface area (Å²) in [6.07, 6.45) is -0.697. The Bertz CT molecular complexity index is 537. The van der Waals surface area contributed by atoms with Gasteiger partial charge in [-0.05, 0) is 20.8 Å². The second kappa shape index (κ2) is 6.46. The summed E-state index contributed by atoms with van der Waals surface area (Å²) in [5.74, 6) is 0.534. The molecule has 1 N–H and O–H groups in total. The summed E-state index contributed by atoms with van der Waals surface area (Å²) >= 11 is 16.7. The minimum atomic E-state index is -1.64. The molecule has 0 spiro atoms. The topological polar surface area (TPSA) is 56.1 Å². The van der Waals surface area contributed by atoms with E-state index in [1.807, 2.05) is 47.6 Å². The molecule has 1 aromatic heterocycles. The van der Waals surface area contributed by atoms with E-state index in [2.05, 4.69) is 10.4 Å². The highest BCUT2D eigenvalue weighted by molar-refractivity contribution is 6.67. The Kier molecular flexibility index (Phi) is 5.69. The number of rotatable bonds is 2. The van der Waals surface area contributed by atoms with Gasteiger partial charge >= 0.3 is 6.09 Å². The van der Waals surface area contributed by atoms with E-state index in [4.69, 9.17) is 39.5 Å². The van der Waals surface area contributed by atoms with E-state index in [0.29, 0.717) is 5.82 Å². The molecular formula is C14H22Cl3N3O2. The van der Waals surface area contributed by atoms with Crippen molar-refractivity contribution in [3.05, 3.63) is 11.8 Å². The maximum atomic E-state index is 11.8. The van der Waals surface area contributed by atoms with Gasteiger partial charge in [0.2, 0.25) is 3.79 Å². The monoisotopic (exact) mass is 369 g/mol. The second-order valence-electron chi connectivity index (χ2n) is 7.06. The summed E-state index contributed by atoms with van der Waals surface area (Å²) in [6.45, 7) is 11.8. The van der Waals surface area contributed by atoms with Crippen LogP contribution < -0.4 is 5.32 Å². The molecule has 0 radical (unpaired) electrons. The maximum Gasteiger partial charge on any atom is 0.412 e. The van der Waals surface area contributed by atoms with Crippen LogP contribution in [0.15, 0.2) is 6.07 Å². The molecule has 126 valence electrons. The number of amides is 1. The summed E-state index contributed by atoms with van der Waals surface area (Å²) < 4.78 is 4.99. The zero-order chi connectivity index (χ0) is 17.3. The van der Waals surface area contributed by atoms with Gasteiger partial charge in [0, 0.05) is 11.5 Å². The molecule has 22 heavy (non-hydrogen) atoms. The highest BCUT2D eigenvalue weighted by Gasteiger charge is 2.27. The fourth-order valence-corrected chi connectivity index (χ4v) is 1.80. The van der Waals surface area contributed by atoms with E-state index >= 15 is 0 Å². The number of nitrogens with zero attached hydrogens (tertiary/aromatic N) is 2. The molecule has 1 amide bonds. The summed E-state index contributed by atoms with van der Waals surface area (Å²) in [6, 6.07) is 1.82. The van der Waals surface area contributed by atoms with Gasteiger partial charge in [0.05, 0.1) is 11.2 Å². The highest BCUT2D eigenvalue weighted by atomic mass is 35.6. The molecule has 0 bridgehead atoms. The molecule has 0 aromatic carbocycles. The Labute approximate surface area is 146 Å². The molecule has 0 aliphatic heterocycles. The number of halogens is 3. The normalized spacial score (nSPS) is 13.1. The van der Waals surface area contributed by atoms with E-state index in [1.54, 1.807) is 4.68 Å². The smallest absolute Gasteiger partial charge is 0.412 e. The van der Waals surface area contributed by atoms with Crippen LogP contribution in [-0.2, 0) is 15.7 Å². The minimum absolute atomic E-state index is 0.144. The van der Waals surface area contributed by atoms with Gasteiger partial charge in [-0.15, -0.1) is 0 Å². The predicted octanol–water partition coefficient (Wildman–Crippen LogP) is 4.85. The van der Waals surface area contributed by atoms with E-state index in [1.165, 1.54) is 0 Å². The largest absolute Gasteiger partial charge is 0.445 e. The van der Waals surface area contributed by atoms with Crippen LogP contribution in [0.1, 0.15) is 47.2 Å². The first-order valence-electron chi connectivity index (χ1n) is 6.82. The van der Waals surface area contributed by atoms with Crippen LogP contribution in [0, 0.1) is 0 Å². The third-order valence-electron chi connectivity index (χ3n) is 2.71. The van der Waals surface area contributed by atoms with Crippen molar-refractivity contribution in [3.8, 4) is 0 Å². The van der Waals surface area contributed by atoms with Gasteiger partial charge < -0.3 is 4.74 Å². The Morgan fingerprint density at radius 3 is 2.18 bits per heavy atom. The van der Waals surface area contributed by atoms with Crippen LogP contribution in [0.3, 0.4) is 0 Å². The summed E-state index contributed by atoms with van der Waals surface area (Å²) in [5, 5.41) is 7.23. The average Bonchev–Trinajstić information content (AvgIpc) is 2.68. The summed E-state index contributed by atoms with van der Waals surface area (Å²) in [7, 11) is 0. The summed E-state index contributed by atoms with van der Waals surface area (Å²) in [4.78, 5) is 11.8. The minimum Gasteiger partial charge on any atom is -0.445 e. The predicted molar refractivity (Wildman–Crippen MR) is 91.2 cm³/mol. The zero-order valence-corrected chi connectivity index (χ0v) is 15.9. The zero-order valence-electron chi connectivity index (χ0n) is 13.6. The molecule has 0 saturated carbocycles. The molecule has 0 atom stereocenters. The molecule has 5 nitrogen and oxygen atoms in total. The second-order valence-corrected chi connectivity index (χ2v) is 9.58. The van der Waals surface area contributed by atoms with Crippen molar-refractivity contribution in [1.29, 1.82) is 0 Å². The van der Waals surface area contributed by atoms with Crippen molar-refractivity contribution in [2.45, 2.75) is 56.3 Å². The van der Waals surface area contributed by atoms with E-state index in [-0.39, 0.29) is 17.6 Å². The van der Waals surface area contributed by atoms with Crippen molar-refractivity contribution in [2.75, 3.05) is 11.9 Å². The van der Waals surface area contributed by atoms with Gasteiger partial charge in [0.15, 0.2) is 0 Å². The van der Waals surface area contributed by atoms with Crippen molar-refractivity contribution >= 4 is 46.7 Å².